The number of hydrogen-bond donors (Lipinski definition) is 1. The van der Waals surface area contributed by atoms with Crippen molar-refractivity contribution in [2.75, 3.05) is 19.1 Å². The topological polar surface area (TPSA) is 67.1 Å². The SMILES string of the molecule is COc1cccc2cc(C(=O)N/N=C\c3cc4c(cc3Cl)N(C)C(C)(C)C[C@@H]4C)oc12. The summed E-state index contributed by atoms with van der Waals surface area (Å²) in [5, 5.41) is 5.47. The van der Waals surface area contributed by atoms with Gasteiger partial charge in [-0.05, 0) is 56.0 Å². The summed E-state index contributed by atoms with van der Waals surface area (Å²) >= 11 is 6.52. The Morgan fingerprint density at radius 3 is 2.87 bits per heavy atom. The zero-order valence-corrected chi connectivity index (χ0v) is 19.1. The Morgan fingerprint density at radius 2 is 2.13 bits per heavy atom. The highest BCUT2D eigenvalue weighted by Gasteiger charge is 2.34. The Morgan fingerprint density at radius 1 is 1.35 bits per heavy atom. The van der Waals surface area contributed by atoms with E-state index in [4.69, 9.17) is 20.8 Å². The average Bonchev–Trinajstić information content (AvgIpc) is 3.17. The van der Waals surface area contributed by atoms with E-state index >= 15 is 0 Å². The van der Waals surface area contributed by atoms with Crippen LogP contribution in [0.4, 0.5) is 5.69 Å². The monoisotopic (exact) mass is 439 g/mol. The molecule has 162 valence electrons. The fourth-order valence-electron chi connectivity index (χ4n) is 4.23. The van der Waals surface area contributed by atoms with E-state index in [1.54, 1.807) is 25.5 Å². The van der Waals surface area contributed by atoms with Gasteiger partial charge < -0.3 is 14.1 Å². The number of halogens is 1. The molecule has 7 heteroatoms. The van der Waals surface area contributed by atoms with E-state index in [0.29, 0.717) is 22.3 Å². The van der Waals surface area contributed by atoms with Gasteiger partial charge in [0, 0.05) is 29.2 Å². The predicted molar refractivity (Wildman–Crippen MR) is 125 cm³/mol. The number of furan rings is 1. The second kappa shape index (κ2) is 7.93. The lowest BCUT2D eigenvalue weighted by Gasteiger charge is -2.45. The lowest BCUT2D eigenvalue weighted by molar-refractivity contribution is 0.0929. The summed E-state index contributed by atoms with van der Waals surface area (Å²) in [7, 11) is 3.65. The van der Waals surface area contributed by atoms with Crippen LogP contribution in [-0.2, 0) is 0 Å². The number of carbonyl (C=O) groups excluding carboxylic acids is 1. The van der Waals surface area contributed by atoms with Crippen molar-refractivity contribution in [1.29, 1.82) is 0 Å². The molecule has 0 unspecified atom stereocenters. The van der Waals surface area contributed by atoms with Crippen molar-refractivity contribution in [2.45, 2.75) is 38.6 Å². The number of ether oxygens (including phenoxy) is 1. The lowest BCUT2D eigenvalue weighted by atomic mass is 9.80. The average molecular weight is 440 g/mol. The number of anilines is 1. The van der Waals surface area contributed by atoms with Crippen molar-refractivity contribution in [3.05, 3.63) is 58.3 Å². The Bertz CT molecular complexity index is 1180. The Labute approximate surface area is 186 Å². The van der Waals surface area contributed by atoms with E-state index < -0.39 is 5.91 Å². The number of rotatable bonds is 4. The van der Waals surface area contributed by atoms with Gasteiger partial charge in [-0.25, -0.2) is 5.43 Å². The van der Waals surface area contributed by atoms with Gasteiger partial charge in [-0.2, -0.15) is 5.10 Å². The molecule has 0 fully saturated rings. The summed E-state index contributed by atoms with van der Waals surface area (Å²) in [5.41, 5.74) is 6.22. The number of hydrogen-bond acceptors (Lipinski definition) is 5. The molecular weight excluding hydrogens is 414 g/mol. The maximum Gasteiger partial charge on any atom is 0.307 e. The third-order valence-corrected chi connectivity index (χ3v) is 6.40. The second-order valence-corrected chi connectivity index (χ2v) is 9.00. The van der Waals surface area contributed by atoms with Crippen molar-refractivity contribution in [2.24, 2.45) is 5.10 Å². The molecule has 1 N–H and O–H groups in total. The molecule has 0 saturated carbocycles. The van der Waals surface area contributed by atoms with Crippen LogP contribution in [0.15, 0.2) is 45.9 Å². The fourth-order valence-corrected chi connectivity index (χ4v) is 4.43. The van der Waals surface area contributed by atoms with E-state index in [2.05, 4.69) is 49.3 Å². The van der Waals surface area contributed by atoms with Gasteiger partial charge in [-0.3, -0.25) is 4.79 Å². The molecule has 1 aliphatic heterocycles. The molecule has 0 spiro atoms. The predicted octanol–water partition coefficient (Wildman–Crippen LogP) is 5.58. The van der Waals surface area contributed by atoms with Crippen LogP contribution in [0.5, 0.6) is 5.75 Å². The van der Waals surface area contributed by atoms with Crippen molar-refractivity contribution in [3.8, 4) is 5.75 Å². The van der Waals surface area contributed by atoms with Crippen molar-refractivity contribution < 1.29 is 13.9 Å². The third-order valence-electron chi connectivity index (χ3n) is 6.07. The first-order valence-corrected chi connectivity index (χ1v) is 10.6. The maximum atomic E-state index is 12.5. The van der Waals surface area contributed by atoms with Crippen LogP contribution in [0.2, 0.25) is 5.02 Å². The summed E-state index contributed by atoms with van der Waals surface area (Å²) in [6, 6.07) is 11.2. The molecule has 3 aromatic rings. The molecule has 0 aliphatic carbocycles. The minimum absolute atomic E-state index is 0.0641. The molecule has 6 nitrogen and oxygen atoms in total. The largest absolute Gasteiger partial charge is 0.493 e. The van der Waals surface area contributed by atoms with Crippen LogP contribution in [0.3, 0.4) is 0 Å². The van der Waals surface area contributed by atoms with Crippen molar-refractivity contribution in [1.82, 2.24) is 5.43 Å². The quantitative estimate of drug-likeness (QED) is 0.425. The van der Waals surface area contributed by atoms with Gasteiger partial charge in [0.15, 0.2) is 17.1 Å². The van der Waals surface area contributed by atoms with E-state index in [1.807, 2.05) is 18.2 Å². The number of nitrogens with zero attached hydrogens (tertiary/aromatic N) is 2. The van der Waals surface area contributed by atoms with Crippen LogP contribution in [-0.4, -0.2) is 31.8 Å². The number of nitrogens with one attached hydrogen (secondary N) is 1. The molecular formula is C24H26ClN3O3. The Hall–Kier alpha value is -2.99. The number of methoxy groups -OCH3 is 1. The minimum Gasteiger partial charge on any atom is -0.493 e. The summed E-state index contributed by atoms with van der Waals surface area (Å²) in [4.78, 5) is 14.8. The second-order valence-electron chi connectivity index (χ2n) is 8.60. The van der Waals surface area contributed by atoms with Gasteiger partial charge in [0.05, 0.1) is 18.3 Å². The van der Waals surface area contributed by atoms with Crippen LogP contribution < -0.4 is 15.1 Å². The lowest BCUT2D eigenvalue weighted by Crippen LogP contribution is -2.45. The molecule has 2 heterocycles. The van der Waals surface area contributed by atoms with Gasteiger partial charge in [-0.15, -0.1) is 0 Å². The van der Waals surface area contributed by atoms with Crippen LogP contribution in [0, 0.1) is 0 Å². The van der Waals surface area contributed by atoms with E-state index in [-0.39, 0.29) is 11.3 Å². The summed E-state index contributed by atoms with van der Waals surface area (Å²) < 4.78 is 10.9. The highest BCUT2D eigenvalue weighted by Crippen LogP contribution is 2.44. The zero-order chi connectivity index (χ0) is 22.3. The number of amides is 1. The molecule has 2 aromatic carbocycles. The van der Waals surface area contributed by atoms with Gasteiger partial charge in [0.2, 0.25) is 0 Å². The molecule has 1 aromatic heterocycles. The Kier molecular flexibility index (Phi) is 5.43. The molecule has 0 radical (unpaired) electrons. The molecule has 4 rings (SSSR count). The molecule has 31 heavy (non-hydrogen) atoms. The highest BCUT2D eigenvalue weighted by molar-refractivity contribution is 6.33. The smallest absolute Gasteiger partial charge is 0.307 e. The molecule has 1 amide bonds. The van der Waals surface area contributed by atoms with E-state index in [0.717, 1.165) is 23.1 Å². The van der Waals surface area contributed by atoms with Gasteiger partial charge in [-0.1, -0.05) is 30.7 Å². The number of carbonyl (C=O) groups is 1. The number of fused-ring (bicyclic) bond motifs is 2. The van der Waals surface area contributed by atoms with Gasteiger partial charge >= 0.3 is 5.91 Å². The fraction of sp³-hybridized carbons (Fsp3) is 0.333. The first-order chi connectivity index (χ1) is 14.7. The van der Waals surface area contributed by atoms with Gasteiger partial charge in [0.25, 0.3) is 0 Å². The number of hydrazone groups is 1. The summed E-state index contributed by atoms with van der Waals surface area (Å²) in [6.45, 7) is 6.69. The zero-order valence-electron chi connectivity index (χ0n) is 18.3. The van der Waals surface area contributed by atoms with Crippen molar-refractivity contribution >= 4 is 40.4 Å². The maximum absolute atomic E-state index is 12.5. The molecule has 0 saturated heterocycles. The normalized spacial score (nSPS) is 17.7. The van der Waals surface area contributed by atoms with Crippen LogP contribution in [0.1, 0.15) is 54.8 Å². The van der Waals surface area contributed by atoms with E-state index in [1.165, 1.54) is 5.56 Å². The molecule has 1 aliphatic rings. The van der Waals surface area contributed by atoms with Crippen LogP contribution >= 0.6 is 11.6 Å². The highest BCUT2D eigenvalue weighted by atomic mass is 35.5. The molecule has 0 bridgehead atoms. The van der Waals surface area contributed by atoms with Crippen LogP contribution in [0.25, 0.3) is 11.0 Å². The summed E-state index contributed by atoms with van der Waals surface area (Å²) in [6.07, 6.45) is 2.61. The Balaban J connectivity index is 1.54. The minimum atomic E-state index is -0.446. The standard InChI is InChI=1S/C24H26ClN3O3/c1-14-12-24(2,3)28(4)19-11-18(25)16(9-17(14)19)13-26-27-23(29)21-10-15-7-6-8-20(30-5)22(15)31-21/h6-11,13-14H,12H2,1-5H3,(H,27,29)/b26-13-/t14-/m0/s1. The number of para-hydroxylation sites is 1. The first-order valence-electron chi connectivity index (χ1n) is 10.2. The van der Waals surface area contributed by atoms with Gasteiger partial charge in [0.1, 0.15) is 0 Å². The van der Waals surface area contributed by atoms with Crippen molar-refractivity contribution in [3.63, 3.8) is 0 Å². The molecule has 1 atom stereocenters. The summed E-state index contributed by atoms with van der Waals surface area (Å²) in [5.74, 6) is 0.679. The van der Waals surface area contributed by atoms with E-state index in [9.17, 15) is 4.79 Å². The first kappa shape index (κ1) is 21.2. The number of benzene rings is 2. The third kappa shape index (κ3) is 3.88.